The molecule has 8 nitrogen and oxygen atoms in total. The Bertz CT molecular complexity index is 988. The van der Waals surface area contributed by atoms with E-state index in [1.54, 1.807) is 17.0 Å². The molecule has 0 N–H and O–H groups in total. The first-order valence-electron chi connectivity index (χ1n) is 11.0. The van der Waals surface area contributed by atoms with Gasteiger partial charge in [-0.2, -0.15) is 0 Å². The molecule has 34 heavy (non-hydrogen) atoms. The summed E-state index contributed by atoms with van der Waals surface area (Å²) in [6.07, 6.45) is 0. The Morgan fingerprint density at radius 1 is 0.971 bits per heavy atom. The lowest BCUT2D eigenvalue weighted by molar-refractivity contribution is -0.139. The van der Waals surface area contributed by atoms with Gasteiger partial charge in [-0.3, -0.25) is 9.69 Å². The summed E-state index contributed by atoms with van der Waals surface area (Å²) in [7, 11) is 4.16. The van der Waals surface area contributed by atoms with E-state index in [0.717, 1.165) is 5.56 Å². The molecule has 0 aromatic heterocycles. The summed E-state index contributed by atoms with van der Waals surface area (Å²) in [6.45, 7) is 5.76. The number of ether oxygens (including phenoxy) is 4. The second-order valence-corrected chi connectivity index (χ2v) is 8.29. The maximum atomic E-state index is 13.2. The first-order chi connectivity index (χ1) is 16.3. The number of carbonyl (C=O) groups excluding carboxylic acids is 2. The average Bonchev–Trinajstić information content (AvgIpc) is 2.84. The van der Waals surface area contributed by atoms with Crippen LogP contribution in [-0.2, 0) is 16.1 Å². The van der Waals surface area contributed by atoms with Gasteiger partial charge in [0.1, 0.15) is 5.82 Å². The van der Waals surface area contributed by atoms with Crippen LogP contribution in [0.4, 0.5) is 4.39 Å². The maximum absolute atomic E-state index is 13.2. The second kappa shape index (κ2) is 11.2. The molecular formula is C25H31FN2O6. The number of methoxy groups -OCH3 is 3. The summed E-state index contributed by atoms with van der Waals surface area (Å²) < 4.78 is 34.5. The molecule has 184 valence electrons. The molecular weight excluding hydrogens is 443 g/mol. The van der Waals surface area contributed by atoms with E-state index < -0.39 is 5.97 Å². The predicted molar refractivity (Wildman–Crippen MR) is 124 cm³/mol. The standard InChI is InChI=1S/C25H31FN2O6/c1-16-13-28(17(2)12-27(16)14-18-6-8-20(26)9-7-18)23(29)15-34-24-21(31-3)10-19(25(30)33-5)11-22(24)32-4/h6-11,16-17H,12-15H2,1-5H3. The lowest BCUT2D eigenvalue weighted by atomic mass is 10.1. The highest BCUT2D eigenvalue weighted by Gasteiger charge is 2.32. The number of esters is 1. The Labute approximate surface area is 199 Å². The number of amides is 1. The summed E-state index contributed by atoms with van der Waals surface area (Å²) in [5.74, 6) is -0.200. The number of piperazine rings is 1. The third kappa shape index (κ3) is 5.77. The van der Waals surface area contributed by atoms with Crippen molar-refractivity contribution in [3.63, 3.8) is 0 Å². The third-order valence-electron chi connectivity index (χ3n) is 5.96. The third-order valence-corrected chi connectivity index (χ3v) is 5.96. The molecule has 0 aliphatic carbocycles. The van der Waals surface area contributed by atoms with Crippen LogP contribution in [0.5, 0.6) is 17.2 Å². The van der Waals surface area contributed by atoms with E-state index in [2.05, 4.69) is 11.8 Å². The fraction of sp³-hybridized carbons (Fsp3) is 0.440. The molecule has 2 atom stereocenters. The molecule has 1 aliphatic rings. The molecule has 1 amide bonds. The molecule has 9 heteroatoms. The lowest BCUT2D eigenvalue weighted by Crippen LogP contribution is -2.58. The molecule has 1 fully saturated rings. The summed E-state index contributed by atoms with van der Waals surface area (Å²) in [5, 5.41) is 0. The minimum Gasteiger partial charge on any atom is -0.493 e. The van der Waals surface area contributed by atoms with Crippen LogP contribution in [0, 0.1) is 5.82 Å². The van der Waals surface area contributed by atoms with Crippen molar-refractivity contribution in [1.82, 2.24) is 9.80 Å². The van der Waals surface area contributed by atoms with E-state index in [4.69, 9.17) is 18.9 Å². The number of halogens is 1. The van der Waals surface area contributed by atoms with Gasteiger partial charge in [0, 0.05) is 31.7 Å². The number of nitrogens with zero attached hydrogens (tertiary/aromatic N) is 2. The zero-order valence-corrected chi connectivity index (χ0v) is 20.2. The molecule has 1 aliphatic heterocycles. The van der Waals surface area contributed by atoms with Gasteiger partial charge in [-0.1, -0.05) is 12.1 Å². The van der Waals surface area contributed by atoms with Crippen molar-refractivity contribution in [3.8, 4) is 17.2 Å². The van der Waals surface area contributed by atoms with Gasteiger partial charge < -0.3 is 23.8 Å². The number of benzene rings is 2. The van der Waals surface area contributed by atoms with Crippen LogP contribution >= 0.6 is 0 Å². The smallest absolute Gasteiger partial charge is 0.338 e. The molecule has 2 aromatic rings. The quantitative estimate of drug-likeness (QED) is 0.544. The van der Waals surface area contributed by atoms with Crippen LogP contribution < -0.4 is 14.2 Å². The molecule has 2 unspecified atom stereocenters. The van der Waals surface area contributed by atoms with Crippen molar-refractivity contribution in [3.05, 3.63) is 53.3 Å². The minimum absolute atomic E-state index is 0.0294. The number of hydrogen-bond donors (Lipinski definition) is 0. The SMILES string of the molecule is COC(=O)c1cc(OC)c(OCC(=O)N2CC(C)N(Cc3ccc(F)cc3)CC2C)c(OC)c1. The highest BCUT2D eigenvalue weighted by atomic mass is 19.1. The Morgan fingerprint density at radius 2 is 1.59 bits per heavy atom. The fourth-order valence-corrected chi connectivity index (χ4v) is 4.06. The Morgan fingerprint density at radius 3 is 2.15 bits per heavy atom. The van der Waals surface area contributed by atoms with Gasteiger partial charge in [-0.15, -0.1) is 0 Å². The van der Waals surface area contributed by atoms with Gasteiger partial charge in [0.05, 0.1) is 26.9 Å². The van der Waals surface area contributed by atoms with E-state index in [0.29, 0.717) is 19.6 Å². The highest BCUT2D eigenvalue weighted by Crippen LogP contribution is 2.39. The molecule has 2 aromatic carbocycles. The van der Waals surface area contributed by atoms with E-state index in [-0.39, 0.29) is 53.2 Å². The normalized spacial score (nSPS) is 18.4. The lowest BCUT2D eigenvalue weighted by Gasteiger charge is -2.44. The maximum Gasteiger partial charge on any atom is 0.338 e. The number of carbonyl (C=O) groups is 2. The van der Waals surface area contributed by atoms with Crippen molar-refractivity contribution >= 4 is 11.9 Å². The van der Waals surface area contributed by atoms with Crippen LogP contribution in [0.15, 0.2) is 36.4 Å². The van der Waals surface area contributed by atoms with Gasteiger partial charge in [0.15, 0.2) is 18.1 Å². The van der Waals surface area contributed by atoms with Crippen molar-refractivity contribution in [2.75, 3.05) is 41.0 Å². The zero-order valence-electron chi connectivity index (χ0n) is 20.2. The summed E-state index contributed by atoms with van der Waals surface area (Å²) in [5.41, 5.74) is 1.27. The van der Waals surface area contributed by atoms with Crippen molar-refractivity contribution < 1.29 is 32.9 Å². The van der Waals surface area contributed by atoms with E-state index >= 15 is 0 Å². The first kappa shape index (κ1) is 25.3. The van der Waals surface area contributed by atoms with Crippen LogP contribution in [0.3, 0.4) is 0 Å². The van der Waals surface area contributed by atoms with E-state index in [9.17, 15) is 14.0 Å². The zero-order chi connectivity index (χ0) is 24.8. The average molecular weight is 475 g/mol. The summed E-state index contributed by atoms with van der Waals surface area (Å²) in [6, 6.07) is 9.53. The Balaban J connectivity index is 1.66. The second-order valence-electron chi connectivity index (χ2n) is 8.29. The van der Waals surface area contributed by atoms with Crippen molar-refractivity contribution in [1.29, 1.82) is 0 Å². The van der Waals surface area contributed by atoms with Crippen LogP contribution in [0.1, 0.15) is 29.8 Å². The largest absolute Gasteiger partial charge is 0.493 e. The van der Waals surface area contributed by atoms with Crippen LogP contribution in [0.2, 0.25) is 0 Å². The summed E-state index contributed by atoms with van der Waals surface area (Å²) >= 11 is 0. The minimum atomic E-state index is -0.541. The van der Waals surface area contributed by atoms with Crippen LogP contribution in [-0.4, -0.2) is 74.8 Å². The van der Waals surface area contributed by atoms with Crippen LogP contribution in [0.25, 0.3) is 0 Å². The topological polar surface area (TPSA) is 77.5 Å². The molecule has 3 rings (SSSR count). The van der Waals surface area contributed by atoms with Gasteiger partial charge >= 0.3 is 5.97 Å². The molecule has 0 bridgehead atoms. The van der Waals surface area contributed by atoms with Crippen molar-refractivity contribution in [2.24, 2.45) is 0 Å². The summed E-state index contributed by atoms with van der Waals surface area (Å²) in [4.78, 5) is 29.0. The van der Waals surface area contributed by atoms with Gasteiger partial charge in [0.2, 0.25) is 5.75 Å². The van der Waals surface area contributed by atoms with E-state index in [1.807, 2.05) is 6.92 Å². The van der Waals surface area contributed by atoms with Gasteiger partial charge in [-0.25, -0.2) is 9.18 Å². The predicted octanol–water partition coefficient (Wildman–Crippen LogP) is 3.13. The molecule has 1 saturated heterocycles. The fourth-order valence-electron chi connectivity index (χ4n) is 4.06. The van der Waals surface area contributed by atoms with Gasteiger partial charge in [0.25, 0.3) is 5.91 Å². The monoisotopic (exact) mass is 474 g/mol. The molecule has 0 spiro atoms. The Hall–Kier alpha value is -3.33. The van der Waals surface area contributed by atoms with Gasteiger partial charge in [-0.05, 0) is 43.7 Å². The molecule has 1 heterocycles. The first-order valence-corrected chi connectivity index (χ1v) is 11.0. The van der Waals surface area contributed by atoms with E-state index in [1.165, 1.54) is 45.6 Å². The van der Waals surface area contributed by atoms with Crippen molar-refractivity contribution in [2.45, 2.75) is 32.5 Å². The molecule has 0 radical (unpaired) electrons. The molecule has 0 saturated carbocycles. The number of hydrogen-bond acceptors (Lipinski definition) is 7. The number of rotatable bonds is 8. The Kier molecular flexibility index (Phi) is 8.33. The highest BCUT2D eigenvalue weighted by molar-refractivity contribution is 5.91.